The van der Waals surface area contributed by atoms with Crippen LogP contribution in [0.25, 0.3) is 0 Å². The fourth-order valence-electron chi connectivity index (χ4n) is 1.16. The maximum atomic E-state index is 3.15. The lowest BCUT2D eigenvalue weighted by atomic mass is 10.3. The molecule has 0 bridgehead atoms. The van der Waals surface area contributed by atoms with Crippen LogP contribution < -0.4 is 10.6 Å². The molecule has 0 aliphatic carbocycles. The second-order valence-electron chi connectivity index (χ2n) is 3.22. The van der Waals surface area contributed by atoms with E-state index in [9.17, 15) is 0 Å². The molecule has 3 nitrogen and oxygen atoms in total. The van der Waals surface area contributed by atoms with Gasteiger partial charge in [-0.25, -0.2) is 0 Å². The summed E-state index contributed by atoms with van der Waals surface area (Å²) in [5.41, 5.74) is 0. The number of halogens is 1. The Hall–Kier alpha value is 0.170. The topological polar surface area (TPSA) is 27.3 Å². The Bertz CT molecular complexity index is 80.9. The van der Waals surface area contributed by atoms with Crippen LogP contribution in [0.3, 0.4) is 0 Å². The molecule has 0 heterocycles. The normalized spacial score (nSPS) is 10.2. The lowest BCUT2D eigenvalue weighted by Gasteiger charge is -2.15. The van der Waals surface area contributed by atoms with E-state index in [1.54, 1.807) is 0 Å². The molecule has 0 rings (SSSR count). The van der Waals surface area contributed by atoms with Crippen LogP contribution in [0.5, 0.6) is 0 Å². The first kappa shape index (κ1) is 15.6. The quantitative estimate of drug-likeness (QED) is 0.573. The molecule has 0 aliphatic rings. The van der Waals surface area contributed by atoms with Crippen LogP contribution in [0.1, 0.15) is 12.8 Å². The molecule has 0 atom stereocenters. The molecule has 0 aromatic carbocycles. The summed E-state index contributed by atoms with van der Waals surface area (Å²) in [5, 5.41) is 6.30. The number of hydrogen-bond donors (Lipinski definition) is 2. The molecule has 0 fully saturated rings. The van der Waals surface area contributed by atoms with E-state index in [0.717, 1.165) is 13.1 Å². The maximum absolute atomic E-state index is 3.15. The predicted molar refractivity (Wildman–Crippen MR) is 61.8 cm³/mol. The Morgan fingerprint density at radius 3 is 1.62 bits per heavy atom. The van der Waals surface area contributed by atoms with Crippen molar-refractivity contribution < 1.29 is 0 Å². The Labute approximate surface area is 88.7 Å². The zero-order chi connectivity index (χ0) is 9.23. The standard InChI is InChI=1S/C9H23N3.ClH/c1-10-6-4-8-12(3)9-5-7-11-2;/h10-11H,4-9H2,1-3H3;1H. The average molecular weight is 210 g/mol. The highest BCUT2D eigenvalue weighted by Crippen LogP contribution is 1.88. The van der Waals surface area contributed by atoms with E-state index in [0.29, 0.717) is 0 Å². The SMILES string of the molecule is CNCCCN(C)CCCNC.Cl. The number of rotatable bonds is 8. The minimum atomic E-state index is 0. The second-order valence-corrected chi connectivity index (χ2v) is 3.22. The molecule has 82 valence electrons. The first-order valence-corrected chi connectivity index (χ1v) is 4.79. The third-order valence-corrected chi connectivity index (χ3v) is 1.93. The van der Waals surface area contributed by atoms with E-state index in [1.807, 2.05) is 14.1 Å². The van der Waals surface area contributed by atoms with Crippen LogP contribution in [0.15, 0.2) is 0 Å². The van der Waals surface area contributed by atoms with E-state index in [2.05, 4.69) is 22.6 Å². The van der Waals surface area contributed by atoms with Gasteiger partial charge in [0.25, 0.3) is 0 Å². The maximum Gasteiger partial charge on any atom is -0.000968 e. The zero-order valence-corrected chi connectivity index (χ0v) is 9.91. The summed E-state index contributed by atoms with van der Waals surface area (Å²) in [6.07, 6.45) is 2.49. The molecule has 0 aliphatic heterocycles. The van der Waals surface area contributed by atoms with Gasteiger partial charge in [0, 0.05) is 0 Å². The van der Waals surface area contributed by atoms with Gasteiger partial charge in [-0.15, -0.1) is 12.4 Å². The summed E-state index contributed by atoms with van der Waals surface area (Å²) in [6.45, 7) is 4.64. The van der Waals surface area contributed by atoms with E-state index in [4.69, 9.17) is 0 Å². The van der Waals surface area contributed by atoms with Crippen LogP contribution >= 0.6 is 12.4 Å². The molecular formula is C9H24ClN3. The van der Waals surface area contributed by atoms with Crippen LogP contribution in [0.2, 0.25) is 0 Å². The van der Waals surface area contributed by atoms with Crippen molar-refractivity contribution in [2.24, 2.45) is 0 Å². The fourth-order valence-corrected chi connectivity index (χ4v) is 1.16. The van der Waals surface area contributed by atoms with Gasteiger partial charge in [0.05, 0.1) is 0 Å². The fraction of sp³-hybridized carbons (Fsp3) is 1.00. The monoisotopic (exact) mass is 209 g/mol. The summed E-state index contributed by atoms with van der Waals surface area (Å²) in [7, 11) is 6.19. The van der Waals surface area contributed by atoms with Gasteiger partial charge in [0.15, 0.2) is 0 Å². The van der Waals surface area contributed by atoms with Crippen molar-refractivity contribution in [3.63, 3.8) is 0 Å². The molecule has 0 aromatic rings. The summed E-state index contributed by atoms with van der Waals surface area (Å²) in [5.74, 6) is 0. The van der Waals surface area contributed by atoms with Gasteiger partial charge in [-0.2, -0.15) is 0 Å². The lowest BCUT2D eigenvalue weighted by molar-refractivity contribution is 0.323. The number of hydrogen-bond acceptors (Lipinski definition) is 3. The highest BCUT2D eigenvalue weighted by molar-refractivity contribution is 5.85. The van der Waals surface area contributed by atoms with Gasteiger partial charge in [-0.3, -0.25) is 0 Å². The summed E-state index contributed by atoms with van der Waals surface area (Å²) in [6, 6.07) is 0. The Morgan fingerprint density at radius 2 is 1.31 bits per heavy atom. The minimum absolute atomic E-state index is 0. The third kappa shape index (κ3) is 12.2. The van der Waals surface area contributed by atoms with Gasteiger partial charge >= 0.3 is 0 Å². The Kier molecular flexibility index (Phi) is 14.6. The van der Waals surface area contributed by atoms with E-state index < -0.39 is 0 Å². The molecule has 0 amide bonds. The molecule has 0 aromatic heterocycles. The molecule has 0 saturated carbocycles. The van der Waals surface area contributed by atoms with E-state index in [-0.39, 0.29) is 12.4 Å². The summed E-state index contributed by atoms with van der Waals surface area (Å²) >= 11 is 0. The lowest BCUT2D eigenvalue weighted by Crippen LogP contribution is -2.25. The first-order valence-electron chi connectivity index (χ1n) is 4.79. The highest BCUT2D eigenvalue weighted by atomic mass is 35.5. The van der Waals surface area contributed by atoms with E-state index >= 15 is 0 Å². The van der Waals surface area contributed by atoms with Gasteiger partial charge < -0.3 is 15.5 Å². The van der Waals surface area contributed by atoms with Gasteiger partial charge in [0.1, 0.15) is 0 Å². The molecule has 0 unspecified atom stereocenters. The van der Waals surface area contributed by atoms with Crippen molar-refractivity contribution >= 4 is 12.4 Å². The van der Waals surface area contributed by atoms with Gasteiger partial charge in [-0.1, -0.05) is 0 Å². The highest BCUT2D eigenvalue weighted by Gasteiger charge is 1.95. The molecule has 4 heteroatoms. The largest absolute Gasteiger partial charge is 0.320 e. The van der Waals surface area contributed by atoms with Crippen LogP contribution in [-0.2, 0) is 0 Å². The summed E-state index contributed by atoms with van der Waals surface area (Å²) in [4.78, 5) is 2.38. The first-order chi connectivity index (χ1) is 5.81. The summed E-state index contributed by atoms with van der Waals surface area (Å²) < 4.78 is 0. The second kappa shape index (κ2) is 12.2. The Morgan fingerprint density at radius 1 is 0.923 bits per heavy atom. The van der Waals surface area contributed by atoms with Crippen molar-refractivity contribution in [3.8, 4) is 0 Å². The van der Waals surface area contributed by atoms with Gasteiger partial charge in [0.2, 0.25) is 0 Å². The molecular weight excluding hydrogens is 186 g/mol. The van der Waals surface area contributed by atoms with Crippen LogP contribution in [0.4, 0.5) is 0 Å². The van der Waals surface area contributed by atoms with Crippen molar-refractivity contribution in [1.29, 1.82) is 0 Å². The Balaban J connectivity index is 0. The number of nitrogens with zero attached hydrogens (tertiary/aromatic N) is 1. The predicted octanol–water partition coefficient (Wildman–Crippen LogP) is 0.559. The van der Waals surface area contributed by atoms with Crippen molar-refractivity contribution in [1.82, 2.24) is 15.5 Å². The van der Waals surface area contributed by atoms with Crippen molar-refractivity contribution in [2.45, 2.75) is 12.8 Å². The third-order valence-electron chi connectivity index (χ3n) is 1.93. The molecule has 0 saturated heterocycles. The van der Waals surface area contributed by atoms with Crippen LogP contribution in [0, 0.1) is 0 Å². The minimum Gasteiger partial charge on any atom is -0.320 e. The zero-order valence-electron chi connectivity index (χ0n) is 9.10. The molecule has 2 N–H and O–H groups in total. The van der Waals surface area contributed by atoms with Crippen molar-refractivity contribution in [3.05, 3.63) is 0 Å². The van der Waals surface area contributed by atoms with E-state index in [1.165, 1.54) is 25.9 Å². The number of nitrogens with one attached hydrogen (secondary N) is 2. The molecule has 13 heavy (non-hydrogen) atoms. The molecule has 0 spiro atoms. The van der Waals surface area contributed by atoms with Gasteiger partial charge in [-0.05, 0) is 60.2 Å². The average Bonchev–Trinajstić information content (AvgIpc) is 2.06. The van der Waals surface area contributed by atoms with Crippen molar-refractivity contribution in [2.75, 3.05) is 47.3 Å². The smallest absolute Gasteiger partial charge is 0.000968 e. The molecule has 0 radical (unpaired) electrons. The van der Waals surface area contributed by atoms with Crippen LogP contribution in [-0.4, -0.2) is 52.2 Å².